The third-order valence-electron chi connectivity index (χ3n) is 2.02. The van der Waals surface area contributed by atoms with Crippen molar-refractivity contribution in [3.05, 3.63) is 34.6 Å². The monoisotopic (exact) mass is 264 g/mol. The van der Waals surface area contributed by atoms with Crippen LogP contribution < -0.4 is 0 Å². The average Bonchev–Trinajstić information content (AvgIpc) is 2.26. The van der Waals surface area contributed by atoms with E-state index in [0.29, 0.717) is 0 Å². The van der Waals surface area contributed by atoms with E-state index in [1.54, 1.807) is 0 Å². The van der Waals surface area contributed by atoms with Gasteiger partial charge in [-0.15, -0.1) is 0 Å². The minimum absolute atomic E-state index is 0.00409. The average molecular weight is 265 g/mol. The zero-order chi connectivity index (χ0) is 13.0. The zero-order valence-corrected chi connectivity index (χ0v) is 9.75. The molecule has 1 N–H and O–H groups in total. The van der Waals surface area contributed by atoms with E-state index in [2.05, 4.69) is 4.74 Å². The van der Waals surface area contributed by atoms with Crippen molar-refractivity contribution in [2.45, 2.75) is 19.2 Å². The summed E-state index contributed by atoms with van der Waals surface area (Å²) < 4.78 is 30.8. The highest BCUT2D eigenvalue weighted by molar-refractivity contribution is 6.30. The van der Waals surface area contributed by atoms with E-state index in [-0.39, 0.29) is 17.2 Å². The van der Waals surface area contributed by atoms with E-state index in [0.717, 1.165) is 12.1 Å². The molecule has 0 aromatic heterocycles. The lowest BCUT2D eigenvalue weighted by molar-refractivity contribution is -0.153. The largest absolute Gasteiger partial charge is 0.464 e. The van der Waals surface area contributed by atoms with Gasteiger partial charge in [0.25, 0.3) is 0 Å². The maximum atomic E-state index is 13.4. The number of aliphatic hydroxyl groups is 1. The Balaban J connectivity index is 2.87. The van der Waals surface area contributed by atoms with E-state index in [9.17, 15) is 18.7 Å². The van der Waals surface area contributed by atoms with Crippen LogP contribution >= 0.6 is 11.6 Å². The van der Waals surface area contributed by atoms with Gasteiger partial charge in [-0.3, -0.25) is 0 Å². The lowest BCUT2D eigenvalue weighted by Gasteiger charge is -2.15. The number of alkyl halides is 1. The normalized spacial score (nSPS) is 14.2. The highest BCUT2D eigenvalue weighted by atomic mass is 35.5. The number of benzene rings is 1. The Labute approximate surface area is 102 Å². The SMILES string of the molecule is CCOC(=O)C(F)C(O)c1cc(F)cc(Cl)c1. The predicted molar refractivity (Wildman–Crippen MR) is 57.9 cm³/mol. The molecule has 0 saturated heterocycles. The van der Waals surface area contributed by atoms with Crippen LogP contribution in [0.1, 0.15) is 18.6 Å². The predicted octanol–water partition coefficient (Wildman–Crippen LogP) is 2.41. The maximum Gasteiger partial charge on any atom is 0.343 e. The first-order chi connectivity index (χ1) is 7.95. The smallest absolute Gasteiger partial charge is 0.343 e. The Morgan fingerprint density at radius 2 is 2.18 bits per heavy atom. The van der Waals surface area contributed by atoms with Crippen LogP contribution in [0.25, 0.3) is 0 Å². The van der Waals surface area contributed by atoms with Crippen LogP contribution in [0.15, 0.2) is 18.2 Å². The Hall–Kier alpha value is -1.20. The first-order valence-corrected chi connectivity index (χ1v) is 5.28. The molecule has 0 radical (unpaired) electrons. The van der Waals surface area contributed by atoms with Crippen LogP contribution in [0.4, 0.5) is 8.78 Å². The minimum Gasteiger partial charge on any atom is -0.464 e. The van der Waals surface area contributed by atoms with Crippen molar-refractivity contribution in [3.8, 4) is 0 Å². The number of halogens is 3. The molecule has 0 aliphatic rings. The van der Waals surface area contributed by atoms with Crippen molar-refractivity contribution in [3.63, 3.8) is 0 Å². The fourth-order valence-electron chi connectivity index (χ4n) is 1.27. The van der Waals surface area contributed by atoms with Crippen LogP contribution in [0.5, 0.6) is 0 Å². The number of rotatable bonds is 4. The van der Waals surface area contributed by atoms with Gasteiger partial charge in [-0.1, -0.05) is 11.6 Å². The lowest BCUT2D eigenvalue weighted by atomic mass is 10.1. The molecule has 0 aliphatic carbocycles. The van der Waals surface area contributed by atoms with Gasteiger partial charge in [-0.2, -0.15) is 0 Å². The van der Waals surface area contributed by atoms with Crippen molar-refractivity contribution in [1.29, 1.82) is 0 Å². The van der Waals surface area contributed by atoms with Gasteiger partial charge < -0.3 is 9.84 Å². The van der Waals surface area contributed by atoms with E-state index in [1.807, 2.05) is 0 Å². The number of esters is 1. The number of hydrogen-bond donors (Lipinski definition) is 1. The molecule has 1 aromatic rings. The van der Waals surface area contributed by atoms with Crippen LogP contribution in [-0.2, 0) is 9.53 Å². The number of ether oxygens (including phenoxy) is 1. The van der Waals surface area contributed by atoms with Crippen molar-refractivity contribution >= 4 is 17.6 Å². The second kappa shape index (κ2) is 5.93. The third kappa shape index (κ3) is 3.64. The molecular formula is C11H11ClF2O3. The Morgan fingerprint density at radius 1 is 1.53 bits per heavy atom. The topological polar surface area (TPSA) is 46.5 Å². The summed E-state index contributed by atoms with van der Waals surface area (Å²) in [5.41, 5.74) is -0.115. The molecule has 0 amide bonds. The maximum absolute atomic E-state index is 13.4. The third-order valence-corrected chi connectivity index (χ3v) is 2.23. The van der Waals surface area contributed by atoms with Crippen LogP contribution in [0.2, 0.25) is 5.02 Å². The van der Waals surface area contributed by atoms with Crippen molar-refractivity contribution in [2.75, 3.05) is 6.61 Å². The molecule has 94 valence electrons. The van der Waals surface area contributed by atoms with Crippen LogP contribution in [0, 0.1) is 5.82 Å². The van der Waals surface area contributed by atoms with Gasteiger partial charge in [-0.05, 0) is 30.7 Å². The van der Waals surface area contributed by atoms with Crippen molar-refractivity contribution < 1.29 is 23.4 Å². The molecule has 0 aliphatic heterocycles. The summed E-state index contributed by atoms with van der Waals surface area (Å²) in [4.78, 5) is 11.0. The Morgan fingerprint density at radius 3 is 2.71 bits per heavy atom. The second-order valence-corrected chi connectivity index (χ2v) is 3.74. The summed E-state index contributed by atoms with van der Waals surface area (Å²) in [6, 6.07) is 3.10. The summed E-state index contributed by atoms with van der Waals surface area (Å²) >= 11 is 5.55. The molecule has 1 rings (SSSR count). The molecule has 0 spiro atoms. The molecule has 3 nitrogen and oxygen atoms in total. The molecule has 0 heterocycles. The standard InChI is InChI=1S/C11H11ClF2O3/c1-2-17-11(16)9(14)10(15)6-3-7(12)5-8(13)4-6/h3-5,9-10,15H,2H2,1H3. The zero-order valence-electron chi connectivity index (χ0n) is 8.99. The first-order valence-electron chi connectivity index (χ1n) is 4.90. The lowest BCUT2D eigenvalue weighted by Crippen LogP contribution is -2.26. The molecule has 1 aromatic carbocycles. The summed E-state index contributed by atoms with van der Waals surface area (Å²) in [5.74, 6) is -1.91. The van der Waals surface area contributed by atoms with Gasteiger partial charge >= 0.3 is 5.97 Å². The van der Waals surface area contributed by atoms with Gasteiger partial charge in [0.05, 0.1) is 6.61 Å². The Bertz CT molecular complexity index is 391. The second-order valence-electron chi connectivity index (χ2n) is 3.30. The van der Waals surface area contributed by atoms with E-state index < -0.39 is 24.1 Å². The number of carbonyl (C=O) groups is 1. The van der Waals surface area contributed by atoms with Gasteiger partial charge in [0.2, 0.25) is 6.17 Å². The molecule has 0 fully saturated rings. The molecular weight excluding hydrogens is 254 g/mol. The molecule has 17 heavy (non-hydrogen) atoms. The summed E-state index contributed by atoms with van der Waals surface area (Å²) in [5, 5.41) is 9.54. The number of carbonyl (C=O) groups excluding carboxylic acids is 1. The van der Waals surface area contributed by atoms with Gasteiger partial charge in [0.15, 0.2) is 0 Å². The molecule has 0 bridgehead atoms. The fourth-order valence-corrected chi connectivity index (χ4v) is 1.50. The van der Waals surface area contributed by atoms with Crippen molar-refractivity contribution in [2.24, 2.45) is 0 Å². The first kappa shape index (κ1) is 13.9. The summed E-state index contributed by atoms with van der Waals surface area (Å²) in [6.45, 7) is 1.51. The van der Waals surface area contributed by atoms with Gasteiger partial charge in [0.1, 0.15) is 11.9 Å². The molecule has 2 unspecified atom stereocenters. The van der Waals surface area contributed by atoms with Gasteiger partial charge in [-0.25, -0.2) is 13.6 Å². The summed E-state index contributed by atoms with van der Waals surface area (Å²) in [6.07, 6.45) is -4.07. The number of aliphatic hydroxyl groups excluding tert-OH is 1. The van der Waals surface area contributed by atoms with Gasteiger partial charge in [0, 0.05) is 5.02 Å². The highest BCUT2D eigenvalue weighted by Crippen LogP contribution is 2.24. The Kier molecular flexibility index (Phi) is 4.84. The molecule has 2 atom stereocenters. The molecule has 6 heteroatoms. The quantitative estimate of drug-likeness (QED) is 0.850. The number of hydrogen-bond acceptors (Lipinski definition) is 3. The van der Waals surface area contributed by atoms with Crippen LogP contribution in [0.3, 0.4) is 0 Å². The molecule has 0 saturated carbocycles. The summed E-state index contributed by atoms with van der Waals surface area (Å²) in [7, 11) is 0. The van der Waals surface area contributed by atoms with E-state index >= 15 is 0 Å². The fraction of sp³-hybridized carbons (Fsp3) is 0.364. The highest BCUT2D eigenvalue weighted by Gasteiger charge is 2.29. The van der Waals surface area contributed by atoms with E-state index in [4.69, 9.17) is 11.6 Å². The minimum atomic E-state index is -2.27. The van der Waals surface area contributed by atoms with E-state index in [1.165, 1.54) is 13.0 Å². The van der Waals surface area contributed by atoms with Crippen molar-refractivity contribution in [1.82, 2.24) is 0 Å². The van der Waals surface area contributed by atoms with Crippen LogP contribution in [-0.4, -0.2) is 23.9 Å².